The maximum Gasteiger partial charge on any atom is 0.257 e. The van der Waals surface area contributed by atoms with Crippen molar-refractivity contribution >= 4 is 28.9 Å². The molecule has 8 heteroatoms. The summed E-state index contributed by atoms with van der Waals surface area (Å²) in [6.45, 7) is 2.80. The summed E-state index contributed by atoms with van der Waals surface area (Å²) in [5, 5.41) is 5.77. The van der Waals surface area contributed by atoms with Gasteiger partial charge >= 0.3 is 0 Å². The number of carbonyl (C=O) groups is 2. The minimum absolute atomic E-state index is 0.301. The van der Waals surface area contributed by atoms with Crippen LogP contribution in [0.2, 0.25) is 0 Å². The standard InChI is InChI=1S/C33H34N4O4/c1-40-30-19-24-16-18-37(21-25(24)20-31(30)41-2)17-15-22-7-13-27(14-8-22)35-33(39)28-5-3-4-6-29(28)36-32(38)23-9-11-26(34)12-10-23/h3-14,19-20H,15-18,21,34H2,1-2H3,(H,35,39)(H,36,38). The molecule has 5 rings (SSSR count). The van der Waals surface area contributed by atoms with Gasteiger partial charge in [-0.2, -0.15) is 0 Å². The highest BCUT2D eigenvalue weighted by Gasteiger charge is 2.19. The summed E-state index contributed by atoms with van der Waals surface area (Å²) in [4.78, 5) is 28.2. The molecule has 1 aliphatic heterocycles. The van der Waals surface area contributed by atoms with Gasteiger partial charge in [0.05, 0.1) is 25.5 Å². The van der Waals surface area contributed by atoms with Gasteiger partial charge in [-0.05, 0) is 90.2 Å². The first-order valence-electron chi connectivity index (χ1n) is 13.6. The Morgan fingerprint density at radius 1 is 0.829 bits per heavy atom. The molecule has 0 saturated heterocycles. The van der Waals surface area contributed by atoms with Crippen molar-refractivity contribution in [2.24, 2.45) is 0 Å². The number of hydrogen-bond donors (Lipinski definition) is 3. The Bertz CT molecular complexity index is 1530. The predicted octanol–water partition coefficient (Wildman–Crippen LogP) is 5.39. The van der Waals surface area contributed by atoms with Crippen LogP contribution >= 0.6 is 0 Å². The van der Waals surface area contributed by atoms with Crippen LogP contribution in [0.3, 0.4) is 0 Å². The molecular weight excluding hydrogens is 516 g/mol. The zero-order valence-corrected chi connectivity index (χ0v) is 23.3. The number of amides is 2. The molecule has 210 valence electrons. The number of fused-ring (bicyclic) bond motifs is 1. The molecule has 4 aromatic carbocycles. The highest BCUT2D eigenvalue weighted by molar-refractivity contribution is 6.12. The maximum absolute atomic E-state index is 13.1. The quantitative estimate of drug-likeness (QED) is 0.241. The molecule has 0 radical (unpaired) electrons. The van der Waals surface area contributed by atoms with Gasteiger partial charge < -0.3 is 25.8 Å². The van der Waals surface area contributed by atoms with Gasteiger partial charge in [-0.25, -0.2) is 0 Å². The van der Waals surface area contributed by atoms with Crippen LogP contribution in [0, 0.1) is 0 Å². The minimum atomic E-state index is -0.314. The molecule has 8 nitrogen and oxygen atoms in total. The van der Waals surface area contributed by atoms with Crippen LogP contribution in [0.4, 0.5) is 17.1 Å². The van der Waals surface area contributed by atoms with Gasteiger partial charge in [0, 0.05) is 36.6 Å². The SMILES string of the molecule is COc1cc2c(cc1OC)CN(CCc1ccc(NC(=O)c3ccccc3NC(=O)c3ccc(N)cc3)cc1)CC2. The van der Waals surface area contributed by atoms with Crippen LogP contribution in [0.5, 0.6) is 11.5 Å². The van der Waals surface area contributed by atoms with Crippen molar-refractivity contribution in [3.63, 3.8) is 0 Å². The highest BCUT2D eigenvalue weighted by Crippen LogP contribution is 2.33. The average Bonchev–Trinajstić information content (AvgIpc) is 3.00. The number of anilines is 3. The number of nitrogens with zero attached hydrogens (tertiary/aromatic N) is 1. The van der Waals surface area contributed by atoms with E-state index in [1.54, 1.807) is 62.8 Å². The number of hydrogen-bond acceptors (Lipinski definition) is 6. The third-order valence-corrected chi connectivity index (χ3v) is 7.32. The summed E-state index contributed by atoms with van der Waals surface area (Å²) in [5.41, 5.74) is 12.0. The zero-order valence-electron chi connectivity index (χ0n) is 23.3. The molecule has 0 saturated carbocycles. The largest absolute Gasteiger partial charge is 0.493 e. The molecule has 4 N–H and O–H groups in total. The van der Waals surface area contributed by atoms with Crippen LogP contribution in [0.25, 0.3) is 0 Å². The van der Waals surface area contributed by atoms with E-state index in [0.29, 0.717) is 28.2 Å². The van der Waals surface area contributed by atoms with E-state index >= 15 is 0 Å². The van der Waals surface area contributed by atoms with Crippen molar-refractivity contribution in [1.82, 2.24) is 4.90 Å². The molecule has 0 aromatic heterocycles. The predicted molar refractivity (Wildman–Crippen MR) is 162 cm³/mol. The Kier molecular flexibility index (Phi) is 8.50. The fraction of sp³-hybridized carbons (Fsp3) is 0.212. The molecule has 0 aliphatic carbocycles. The van der Waals surface area contributed by atoms with Crippen molar-refractivity contribution in [1.29, 1.82) is 0 Å². The molecule has 0 fully saturated rings. The van der Waals surface area contributed by atoms with E-state index in [-0.39, 0.29) is 11.8 Å². The number of rotatable bonds is 9. The third kappa shape index (κ3) is 6.67. The summed E-state index contributed by atoms with van der Waals surface area (Å²) in [6.07, 6.45) is 1.87. The van der Waals surface area contributed by atoms with Crippen molar-refractivity contribution in [3.05, 3.63) is 113 Å². The molecule has 0 unspecified atom stereocenters. The van der Waals surface area contributed by atoms with Gasteiger partial charge in [-0.1, -0.05) is 24.3 Å². The minimum Gasteiger partial charge on any atom is -0.493 e. The second kappa shape index (κ2) is 12.6. The summed E-state index contributed by atoms with van der Waals surface area (Å²) in [6, 6.07) is 25.6. The lowest BCUT2D eigenvalue weighted by Gasteiger charge is -2.29. The van der Waals surface area contributed by atoms with E-state index in [1.165, 1.54) is 16.7 Å². The van der Waals surface area contributed by atoms with Crippen LogP contribution in [0.15, 0.2) is 84.9 Å². The van der Waals surface area contributed by atoms with Gasteiger partial charge in [-0.15, -0.1) is 0 Å². The number of nitrogens with one attached hydrogen (secondary N) is 2. The van der Waals surface area contributed by atoms with Crippen molar-refractivity contribution in [3.8, 4) is 11.5 Å². The normalized spacial score (nSPS) is 12.7. The van der Waals surface area contributed by atoms with Crippen LogP contribution in [-0.4, -0.2) is 44.0 Å². The number of nitrogen functional groups attached to an aromatic ring is 1. The van der Waals surface area contributed by atoms with Crippen molar-refractivity contribution in [2.75, 3.05) is 43.7 Å². The lowest BCUT2D eigenvalue weighted by Crippen LogP contribution is -2.32. The van der Waals surface area contributed by atoms with E-state index in [9.17, 15) is 9.59 Å². The Balaban J connectivity index is 1.17. The number of methoxy groups -OCH3 is 2. The fourth-order valence-electron chi connectivity index (χ4n) is 4.99. The highest BCUT2D eigenvalue weighted by atomic mass is 16.5. The Labute approximate surface area is 240 Å². The Hall–Kier alpha value is -4.82. The van der Waals surface area contributed by atoms with E-state index in [1.807, 2.05) is 24.3 Å². The molecule has 0 atom stereocenters. The Morgan fingerprint density at radius 3 is 2.22 bits per heavy atom. The van der Waals surface area contributed by atoms with E-state index in [2.05, 4.69) is 27.7 Å². The average molecular weight is 551 g/mol. The molecule has 1 heterocycles. The Morgan fingerprint density at radius 2 is 1.51 bits per heavy atom. The van der Waals surface area contributed by atoms with Crippen LogP contribution in [0.1, 0.15) is 37.4 Å². The summed E-state index contributed by atoms with van der Waals surface area (Å²) >= 11 is 0. The molecule has 0 spiro atoms. The molecule has 41 heavy (non-hydrogen) atoms. The van der Waals surface area contributed by atoms with Gasteiger partial charge in [0.25, 0.3) is 11.8 Å². The van der Waals surface area contributed by atoms with Gasteiger partial charge in [0.1, 0.15) is 0 Å². The molecule has 4 aromatic rings. The van der Waals surface area contributed by atoms with Gasteiger partial charge in [0.2, 0.25) is 0 Å². The number of carbonyl (C=O) groups excluding carboxylic acids is 2. The second-order valence-electron chi connectivity index (χ2n) is 10.0. The van der Waals surface area contributed by atoms with Crippen molar-refractivity contribution < 1.29 is 19.1 Å². The lowest BCUT2D eigenvalue weighted by atomic mass is 9.98. The first-order valence-corrected chi connectivity index (χ1v) is 13.6. The maximum atomic E-state index is 13.1. The number of benzene rings is 4. The van der Waals surface area contributed by atoms with E-state index < -0.39 is 0 Å². The lowest BCUT2D eigenvalue weighted by molar-refractivity contribution is 0.102. The molecular formula is C33H34N4O4. The summed E-state index contributed by atoms with van der Waals surface area (Å²) in [7, 11) is 3.33. The number of nitrogens with two attached hydrogens (primary N) is 1. The van der Waals surface area contributed by atoms with E-state index in [4.69, 9.17) is 15.2 Å². The first kappa shape index (κ1) is 27.7. The van der Waals surface area contributed by atoms with Crippen molar-refractivity contribution in [2.45, 2.75) is 19.4 Å². The fourth-order valence-corrected chi connectivity index (χ4v) is 4.99. The summed E-state index contributed by atoms with van der Waals surface area (Å²) < 4.78 is 10.9. The van der Waals surface area contributed by atoms with Gasteiger partial charge in [-0.3, -0.25) is 14.5 Å². The van der Waals surface area contributed by atoms with Crippen LogP contribution < -0.4 is 25.8 Å². The summed E-state index contributed by atoms with van der Waals surface area (Å²) in [5.74, 6) is 0.923. The third-order valence-electron chi connectivity index (χ3n) is 7.32. The number of para-hydroxylation sites is 1. The smallest absolute Gasteiger partial charge is 0.257 e. The van der Waals surface area contributed by atoms with Gasteiger partial charge in [0.15, 0.2) is 11.5 Å². The van der Waals surface area contributed by atoms with E-state index in [0.717, 1.165) is 44.0 Å². The second-order valence-corrected chi connectivity index (χ2v) is 10.0. The van der Waals surface area contributed by atoms with Crippen LogP contribution in [-0.2, 0) is 19.4 Å². The topological polar surface area (TPSA) is 106 Å². The zero-order chi connectivity index (χ0) is 28.8. The molecule has 1 aliphatic rings. The molecule has 0 bridgehead atoms. The first-order chi connectivity index (χ1) is 19.9. The number of ether oxygens (including phenoxy) is 2. The monoisotopic (exact) mass is 550 g/mol. The molecule has 2 amide bonds.